The first-order chi connectivity index (χ1) is 19.2. The van der Waals surface area contributed by atoms with Crippen LogP contribution < -0.4 is 11.1 Å². The molecule has 220 valence electrons. The number of phenols is 1. The van der Waals surface area contributed by atoms with Crippen LogP contribution >= 0.6 is 0 Å². The first-order valence-corrected chi connectivity index (χ1v) is 13.4. The van der Waals surface area contributed by atoms with Crippen LogP contribution in [-0.4, -0.2) is 110 Å². The Kier molecular flexibility index (Phi) is 6.87. The molecule has 1 aromatic rings. The number of nitrogens with one attached hydrogen (secondary N) is 1. The van der Waals surface area contributed by atoms with Crippen LogP contribution in [0, 0.1) is 11.8 Å². The van der Waals surface area contributed by atoms with Crippen molar-refractivity contribution in [1.29, 1.82) is 0 Å². The second kappa shape index (κ2) is 9.86. The van der Waals surface area contributed by atoms with E-state index in [0.717, 1.165) is 12.8 Å². The molecule has 0 aromatic heterocycles. The number of carbonyl (C=O) groups is 4. The number of primary amides is 1. The zero-order valence-corrected chi connectivity index (χ0v) is 22.9. The highest BCUT2D eigenvalue weighted by Gasteiger charge is 2.67. The smallest absolute Gasteiger partial charge is 0.255 e. The minimum Gasteiger partial charge on any atom is -0.510 e. The van der Waals surface area contributed by atoms with Gasteiger partial charge in [0, 0.05) is 24.6 Å². The summed E-state index contributed by atoms with van der Waals surface area (Å²) in [6, 6.07) is 1.76. The fourth-order valence-corrected chi connectivity index (χ4v) is 7.01. The second-order valence-electron chi connectivity index (χ2n) is 11.4. The third-order valence-corrected chi connectivity index (χ3v) is 9.02. The van der Waals surface area contributed by atoms with Crippen LogP contribution in [0.15, 0.2) is 34.8 Å². The number of likely N-dealkylation sites (N-methyl/N-ethyl adjacent to an activating group) is 1. The lowest BCUT2D eigenvalue weighted by Crippen LogP contribution is -2.68. The van der Waals surface area contributed by atoms with Crippen molar-refractivity contribution < 1.29 is 44.7 Å². The predicted molar refractivity (Wildman–Crippen MR) is 144 cm³/mol. The summed E-state index contributed by atoms with van der Waals surface area (Å²) in [4.78, 5) is 55.1. The summed E-state index contributed by atoms with van der Waals surface area (Å²) in [5.74, 6) is -9.68. The summed E-state index contributed by atoms with van der Waals surface area (Å²) < 4.78 is 0. The molecule has 6 atom stereocenters. The van der Waals surface area contributed by atoms with Gasteiger partial charge in [-0.3, -0.25) is 24.1 Å². The van der Waals surface area contributed by atoms with Crippen LogP contribution in [0.5, 0.6) is 5.75 Å². The lowest BCUT2D eigenvalue weighted by molar-refractivity contribution is -0.162. The fourth-order valence-electron chi connectivity index (χ4n) is 7.01. The number of hydrogen-bond acceptors (Lipinski definition) is 11. The Morgan fingerprint density at radius 3 is 2.37 bits per heavy atom. The molecule has 0 bridgehead atoms. The van der Waals surface area contributed by atoms with Gasteiger partial charge >= 0.3 is 0 Å². The molecule has 1 aromatic carbocycles. The number of carbonyl (C=O) groups excluding carboxylic acids is 4. The number of rotatable bonds is 5. The molecule has 1 saturated heterocycles. The van der Waals surface area contributed by atoms with Crippen LogP contribution in [0.25, 0.3) is 0 Å². The van der Waals surface area contributed by atoms with Crippen LogP contribution in [0.4, 0.5) is 5.69 Å². The number of aliphatic hydroxyl groups excluding tert-OH is 3. The Morgan fingerprint density at radius 2 is 1.78 bits per heavy atom. The van der Waals surface area contributed by atoms with Gasteiger partial charge in [0.2, 0.25) is 11.7 Å². The number of anilines is 1. The number of aromatic hydroxyl groups is 1. The zero-order chi connectivity index (χ0) is 30.1. The molecule has 5 rings (SSSR count). The molecule has 0 radical (unpaired) electrons. The topological polar surface area (TPSA) is 214 Å². The number of aliphatic hydroxyl groups is 4. The Bertz CT molecular complexity index is 1430. The molecule has 1 aliphatic heterocycles. The number of Topliss-reactive ketones (excluding diaryl/α,β-unsaturated/α-hetero) is 2. The number of hydrogen-bond donors (Lipinski definition) is 7. The molecule has 8 N–H and O–H groups in total. The van der Waals surface area contributed by atoms with E-state index in [0.29, 0.717) is 18.7 Å². The number of likely N-dealkylation sites (tertiary alicyclic amines) is 1. The molecule has 13 nitrogen and oxygen atoms in total. The SMILES string of the molecule is C[C@@H]1c2ccc(NCC(=O)N3CCCC3)c(O)c2C(=O)C2=C(O)[C@@]3(O)C(=O)C(C(N)=O)=C(O)[C@@H](N(C)C)[C@H]3[C@H](O)[C@H]21. The van der Waals surface area contributed by atoms with Gasteiger partial charge in [-0.1, -0.05) is 13.0 Å². The molecule has 41 heavy (non-hydrogen) atoms. The van der Waals surface area contributed by atoms with Crippen LogP contribution in [0.2, 0.25) is 0 Å². The average molecular weight is 571 g/mol. The standard InChI is InChI=1S/C28H34N4O9/c1-11-12-6-7-13(30-10-14(33)32-8-4-5-9-32)21(34)16(12)22(35)17-15(11)23(36)19-20(31(2)3)24(37)18(27(29)40)26(39)28(19,41)25(17)38/h6-7,11,15,19-20,23,30,34,36-38,41H,4-5,8-10H2,1-3H3,(H2,29,40)/t11-,15+,19+,20+,23-,28-/m1/s1. The van der Waals surface area contributed by atoms with Gasteiger partial charge in [0.05, 0.1) is 35.9 Å². The van der Waals surface area contributed by atoms with Gasteiger partial charge in [0.1, 0.15) is 22.8 Å². The lowest BCUT2D eigenvalue weighted by atomic mass is 9.55. The van der Waals surface area contributed by atoms with Crippen molar-refractivity contribution in [3.63, 3.8) is 0 Å². The van der Waals surface area contributed by atoms with Gasteiger partial charge in [0.25, 0.3) is 5.91 Å². The quantitative estimate of drug-likeness (QED) is 0.180. The van der Waals surface area contributed by atoms with E-state index >= 15 is 0 Å². The molecule has 3 aliphatic carbocycles. The monoisotopic (exact) mass is 570 g/mol. The summed E-state index contributed by atoms with van der Waals surface area (Å²) >= 11 is 0. The van der Waals surface area contributed by atoms with Crippen molar-refractivity contribution in [3.05, 3.63) is 45.9 Å². The van der Waals surface area contributed by atoms with Crippen molar-refractivity contribution in [3.8, 4) is 5.75 Å². The van der Waals surface area contributed by atoms with Crippen molar-refractivity contribution >= 4 is 29.1 Å². The molecule has 0 spiro atoms. The van der Waals surface area contributed by atoms with Crippen molar-refractivity contribution in [1.82, 2.24) is 9.80 Å². The van der Waals surface area contributed by atoms with Crippen molar-refractivity contribution in [2.45, 2.75) is 43.4 Å². The molecule has 4 aliphatic rings. The first kappa shape index (κ1) is 28.6. The van der Waals surface area contributed by atoms with Crippen molar-refractivity contribution in [2.24, 2.45) is 17.6 Å². The highest BCUT2D eigenvalue weighted by molar-refractivity contribution is 6.25. The summed E-state index contributed by atoms with van der Waals surface area (Å²) in [7, 11) is 2.95. The van der Waals surface area contributed by atoms with E-state index in [1.54, 1.807) is 17.9 Å². The maximum Gasteiger partial charge on any atom is 0.255 e. The third-order valence-electron chi connectivity index (χ3n) is 9.02. The predicted octanol–water partition coefficient (Wildman–Crippen LogP) is -0.313. The van der Waals surface area contributed by atoms with E-state index in [1.807, 2.05) is 0 Å². The van der Waals surface area contributed by atoms with Gasteiger partial charge in [-0.15, -0.1) is 0 Å². The number of nitrogens with two attached hydrogens (primary N) is 1. The number of fused-ring (bicyclic) bond motifs is 3. The Balaban J connectivity index is 1.61. The minimum atomic E-state index is -2.97. The second-order valence-corrected chi connectivity index (χ2v) is 11.4. The number of nitrogens with zero attached hydrogens (tertiary/aromatic N) is 2. The molecule has 1 heterocycles. The van der Waals surface area contributed by atoms with Gasteiger partial charge < -0.3 is 41.5 Å². The molecular weight excluding hydrogens is 536 g/mol. The Hall–Kier alpha value is -3.94. The molecule has 2 amide bonds. The molecule has 13 heteroatoms. The Morgan fingerprint density at radius 1 is 1.15 bits per heavy atom. The number of phenolic OH excluding ortho intramolecular Hbond substituents is 1. The normalized spacial score (nSPS) is 31.3. The van der Waals surface area contributed by atoms with E-state index in [4.69, 9.17) is 5.73 Å². The number of ketones is 2. The van der Waals surface area contributed by atoms with Crippen LogP contribution in [0.3, 0.4) is 0 Å². The molecule has 1 fully saturated rings. The lowest BCUT2D eigenvalue weighted by Gasteiger charge is -2.53. The fraction of sp³-hybridized carbons (Fsp3) is 0.500. The van der Waals surface area contributed by atoms with Crippen LogP contribution in [-0.2, 0) is 14.4 Å². The highest BCUT2D eigenvalue weighted by atomic mass is 16.4. The molecule has 0 unspecified atom stereocenters. The average Bonchev–Trinajstić information content (AvgIpc) is 3.45. The summed E-state index contributed by atoms with van der Waals surface area (Å²) in [6.07, 6.45) is 0.161. The molecule has 0 saturated carbocycles. The zero-order valence-electron chi connectivity index (χ0n) is 22.9. The van der Waals surface area contributed by atoms with E-state index in [2.05, 4.69) is 5.32 Å². The summed E-state index contributed by atoms with van der Waals surface area (Å²) in [5.41, 5.74) is 1.14. The first-order valence-electron chi connectivity index (χ1n) is 13.4. The largest absolute Gasteiger partial charge is 0.510 e. The maximum absolute atomic E-state index is 13.9. The van der Waals surface area contributed by atoms with Gasteiger partial charge in [0.15, 0.2) is 11.4 Å². The van der Waals surface area contributed by atoms with Crippen molar-refractivity contribution in [2.75, 3.05) is 39.0 Å². The van der Waals surface area contributed by atoms with Gasteiger partial charge in [-0.25, -0.2) is 0 Å². The maximum atomic E-state index is 13.9. The van der Waals surface area contributed by atoms with E-state index < -0.39 is 81.4 Å². The Labute approximate surface area is 235 Å². The van der Waals surface area contributed by atoms with Gasteiger partial charge in [-0.2, -0.15) is 0 Å². The summed E-state index contributed by atoms with van der Waals surface area (Å²) in [6.45, 7) is 2.82. The van der Waals surface area contributed by atoms with Gasteiger partial charge in [-0.05, 0) is 44.5 Å². The van der Waals surface area contributed by atoms with E-state index in [9.17, 15) is 44.7 Å². The molecular formula is C28H34N4O9. The minimum absolute atomic E-state index is 0.0913. The van der Waals surface area contributed by atoms with Crippen LogP contribution in [0.1, 0.15) is 41.6 Å². The summed E-state index contributed by atoms with van der Waals surface area (Å²) in [5, 5.41) is 59.7. The number of benzene rings is 1. The van der Waals surface area contributed by atoms with E-state index in [-0.39, 0.29) is 23.7 Å². The van der Waals surface area contributed by atoms with E-state index in [1.165, 1.54) is 25.1 Å². The third kappa shape index (κ3) is 3.94. The highest BCUT2D eigenvalue weighted by Crippen LogP contribution is 2.56. The number of amides is 2.